The SMILES string of the molecule is CN(C/C(O)=C(\C#N)c1nc(-c2ccccc2)cs1)C1CCCCC1. The van der Waals surface area contributed by atoms with Gasteiger partial charge < -0.3 is 5.11 Å². The van der Waals surface area contributed by atoms with E-state index in [0.717, 1.165) is 11.3 Å². The Morgan fingerprint density at radius 3 is 2.68 bits per heavy atom. The van der Waals surface area contributed by atoms with E-state index >= 15 is 0 Å². The van der Waals surface area contributed by atoms with Crippen LogP contribution in [0.5, 0.6) is 0 Å². The van der Waals surface area contributed by atoms with Crippen LogP contribution < -0.4 is 0 Å². The van der Waals surface area contributed by atoms with Crippen LogP contribution in [-0.4, -0.2) is 34.6 Å². The van der Waals surface area contributed by atoms with Crippen molar-refractivity contribution in [1.29, 1.82) is 5.26 Å². The van der Waals surface area contributed by atoms with Crippen molar-refractivity contribution in [3.8, 4) is 17.3 Å². The van der Waals surface area contributed by atoms with Gasteiger partial charge in [-0.2, -0.15) is 5.26 Å². The predicted octanol–water partition coefficient (Wildman–Crippen LogP) is 4.87. The van der Waals surface area contributed by atoms with Gasteiger partial charge in [0.1, 0.15) is 22.4 Å². The lowest BCUT2D eigenvalue weighted by molar-refractivity contribution is 0.184. The summed E-state index contributed by atoms with van der Waals surface area (Å²) in [6.45, 7) is 0.397. The third-order valence-corrected chi connectivity index (χ3v) is 5.64. The Morgan fingerprint density at radius 1 is 1.28 bits per heavy atom. The molecule has 1 aliphatic rings. The third-order valence-electron chi connectivity index (χ3n) is 4.79. The van der Waals surface area contributed by atoms with Gasteiger partial charge >= 0.3 is 0 Å². The average molecular weight is 353 g/mol. The summed E-state index contributed by atoms with van der Waals surface area (Å²) in [5, 5.41) is 22.6. The highest BCUT2D eigenvalue weighted by Crippen LogP contribution is 2.28. The van der Waals surface area contributed by atoms with Crippen molar-refractivity contribution in [3.05, 3.63) is 46.5 Å². The standard InChI is InChI=1S/C20H23N3OS/c1-23(16-10-6-3-7-11-16)13-19(24)17(12-21)20-22-18(14-25-20)15-8-4-2-5-9-15/h2,4-5,8-9,14,16,24H,3,6-7,10-11,13H2,1H3/b19-17-. The van der Waals surface area contributed by atoms with Crippen molar-refractivity contribution < 1.29 is 5.11 Å². The second-order valence-electron chi connectivity index (χ2n) is 6.54. The normalized spacial score (nSPS) is 16.5. The van der Waals surface area contributed by atoms with Crippen LogP contribution in [-0.2, 0) is 0 Å². The number of hydrogen-bond acceptors (Lipinski definition) is 5. The largest absolute Gasteiger partial charge is 0.509 e. The lowest BCUT2D eigenvalue weighted by atomic mass is 9.94. The first-order chi connectivity index (χ1) is 12.2. The fourth-order valence-corrected chi connectivity index (χ4v) is 4.18. The summed E-state index contributed by atoms with van der Waals surface area (Å²) in [5.41, 5.74) is 2.14. The van der Waals surface area contributed by atoms with Gasteiger partial charge in [0, 0.05) is 17.0 Å². The Kier molecular flexibility index (Phi) is 5.85. The zero-order chi connectivity index (χ0) is 17.6. The van der Waals surface area contributed by atoms with Crippen LogP contribution in [0.4, 0.5) is 0 Å². The zero-order valence-electron chi connectivity index (χ0n) is 14.5. The average Bonchev–Trinajstić information content (AvgIpc) is 3.13. The Bertz CT molecular complexity index is 770. The number of allylic oxidation sites excluding steroid dienone is 1. The Labute approximate surface area is 153 Å². The summed E-state index contributed by atoms with van der Waals surface area (Å²) in [6, 6.07) is 12.5. The second-order valence-corrected chi connectivity index (χ2v) is 7.40. The zero-order valence-corrected chi connectivity index (χ0v) is 15.3. The second kappa shape index (κ2) is 8.28. The molecule has 0 saturated heterocycles. The van der Waals surface area contributed by atoms with Gasteiger partial charge in [0.15, 0.2) is 0 Å². The number of aromatic nitrogens is 1. The van der Waals surface area contributed by atoms with E-state index in [-0.39, 0.29) is 11.3 Å². The molecule has 1 aliphatic carbocycles. The highest BCUT2D eigenvalue weighted by Gasteiger charge is 2.21. The molecule has 1 N–H and O–H groups in total. The van der Waals surface area contributed by atoms with Gasteiger partial charge in [-0.25, -0.2) is 4.98 Å². The molecule has 5 heteroatoms. The topological polar surface area (TPSA) is 60.1 Å². The first-order valence-corrected chi connectivity index (χ1v) is 9.60. The van der Waals surface area contributed by atoms with Crippen LogP contribution in [0.25, 0.3) is 16.8 Å². The predicted molar refractivity (Wildman–Crippen MR) is 102 cm³/mol. The monoisotopic (exact) mass is 353 g/mol. The summed E-state index contributed by atoms with van der Waals surface area (Å²) < 4.78 is 0. The fraction of sp³-hybridized carbons (Fsp3) is 0.400. The molecule has 0 unspecified atom stereocenters. The highest BCUT2D eigenvalue weighted by atomic mass is 32.1. The van der Waals surface area contributed by atoms with E-state index in [1.165, 1.54) is 43.4 Å². The Morgan fingerprint density at radius 2 is 2.00 bits per heavy atom. The molecule has 0 amide bonds. The van der Waals surface area contributed by atoms with Crippen molar-refractivity contribution in [2.75, 3.05) is 13.6 Å². The Hall–Kier alpha value is -2.16. The molecule has 1 saturated carbocycles. The van der Waals surface area contributed by atoms with Gasteiger partial charge in [0.25, 0.3) is 0 Å². The molecule has 1 fully saturated rings. The van der Waals surface area contributed by atoms with E-state index in [2.05, 4.69) is 16.0 Å². The van der Waals surface area contributed by atoms with E-state index in [1.54, 1.807) is 0 Å². The number of aliphatic hydroxyl groups is 1. The molecule has 0 bridgehead atoms. The lowest BCUT2D eigenvalue weighted by Gasteiger charge is -2.30. The van der Waals surface area contributed by atoms with E-state index in [9.17, 15) is 10.4 Å². The summed E-state index contributed by atoms with van der Waals surface area (Å²) in [7, 11) is 2.03. The molecule has 0 radical (unpaired) electrons. The molecule has 1 aromatic carbocycles. The molecule has 0 atom stereocenters. The van der Waals surface area contributed by atoms with E-state index in [4.69, 9.17) is 0 Å². The van der Waals surface area contributed by atoms with Crippen molar-refractivity contribution in [3.63, 3.8) is 0 Å². The number of likely N-dealkylation sites (N-methyl/N-ethyl adjacent to an activating group) is 1. The van der Waals surface area contributed by atoms with Crippen molar-refractivity contribution >= 4 is 16.9 Å². The third kappa shape index (κ3) is 4.28. The first kappa shape index (κ1) is 17.7. The molecule has 4 nitrogen and oxygen atoms in total. The maximum absolute atomic E-state index is 10.5. The van der Waals surface area contributed by atoms with Gasteiger partial charge in [0.2, 0.25) is 0 Å². The van der Waals surface area contributed by atoms with E-state index in [1.807, 2.05) is 42.8 Å². The summed E-state index contributed by atoms with van der Waals surface area (Å²) in [5.74, 6) is 0.115. The molecule has 25 heavy (non-hydrogen) atoms. The molecule has 0 aliphatic heterocycles. The van der Waals surface area contributed by atoms with Crippen molar-refractivity contribution in [2.24, 2.45) is 0 Å². The molecular formula is C20H23N3OS. The number of rotatable bonds is 5. The fourth-order valence-electron chi connectivity index (χ4n) is 3.33. The quantitative estimate of drug-likeness (QED) is 0.615. The van der Waals surface area contributed by atoms with Crippen LogP contribution in [0, 0.1) is 11.3 Å². The number of nitriles is 1. The molecule has 0 spiro atoms. The van der Waals surface area contributed by atoms with E-state index < -0.39 is 0 Å². The van der Waals surface area contributed by atoms with Crippen LogP contribution >= 0.6 is 11.3 Å². The highest BCUT2D eigenvalue weighted by molar-refractivity contribution is 7.11. The first-order valence-electron chi connectivity index (χ1n) is 8.73. The van der Waals surface area contributed by atoms with Crippen LogP contribution in [0.3, 0.4) is 0 Å². The minimum atomic E-state index is 0.115. The molecule has 130 valence electrons. The minimum absolute atomic E-state index is 0.115. The summed E-state index contributed by atoms with van der Waals surface area (Å²) in [6.07, 6.45) is 6.13. The molecule has 1 heterocycles. The molecular weight excluding hydrogens is 330 g/mol. The van der Waals surface area contributed by atoms with Crippen LogP contribution in [0.15, 0.2) is 41.5 Å². The number of thiazole rings is 1. The number of benzene rings is 1. The number of hydrogen-bond donors (Lipinski definition) is 1. The van der Waals surface area contributed by atoms with Crippen molar-refractivity contribution in [2.45, 2.75) is 38.1 Å². The van der Waals surface area contributed by atoms with Gasteiger partial charge in [-0.1, -0.05) is 49.6 Å². The van der Waals surface area contributed by atoms with Crippen molar-refractivity contribution in [1.82, 2.24) is 9.88 Å². The van der Waals surface area contributed by atoms with E-state index in [0.29, 0.717) is 17.6 Å². The van der Waals surface area contributed by atoms with Crippen LogP contribution in [0.1, 0.15) is 37.1 Å². The lowest BCUT2D eigenvalue weighted by Crippen LogP contribution is -2.35. The van der Waals surface area contributed by atoms with Gasteiger partial charge in [-0.15, -0.1) is 11.3 Å². The molecule has 1 aromatic heterocycles. The maximum Gasteiger partial charge on any atom is 0.138 e. The van der Waals surface area contributed by atoms with Crippen LogP contribution in [0.2, 0.25) is 0 Å². The Balaban J connectivity index is 1.77. The van der Waals surface area contributed by atoms with Gasteiger partial charge in [-0.05, 0) is 19.9 Å². The minimum Gasteiger partial charge on any atom is -0.509 e. The summed E-state index contributed by atoms with van der Waals surface area (Å²) >= 11 is 1.40. The van der Waals surface area contributed by atoms with Gasteiger partial charge in [-0.3, -0.25) is 4.90 Å². The number of nitrogens with zero attached hydrogens (tertiary/aromatic N) is 3. The maximum atomic E-state index is 10.5. The number of aliphatic hydroxyl groups excluding tert-OH is 1. The summed E-state index contributed by atoms with van der Waals surface area (Å²) in [4.78, 5) is 6.72. The molecule has 2 aromatic rings. The smallest absolute Gasteiger partial charge is 0.138 e. The van der Waals surface area contributed by atoms with Gasteiger partial charge in [0.05, 0.1) is 12.2 Å². The molecule has 3 rings (SSSR count).